The number of methoxy groups -OCH3 is 1. The highest BCUT2D eigenvalue weighted by Crippen LogP contribution is 2.28. The zero-order valence-corrected chi connectivity index (χ0v) is 8.73. The first-order valence-corrected chi connectivity index (χ1v) is 4.27. The highest BCUT2D eigenvalue weighted by Gasteiger charge is 2.03. The molecule has 0 atom stereocenters. The molecular formula is C10H15NO4. The number of aromatic hydroxyl groups is 1. The molecule has 0 heterocycles. The fraction of sp³-hybridized carbons (Fsp3) is 0.300. The third-order valence-electron chi connectivity index (χ3n) is 1.52. The van der Waals surface area contributed by atoms with E-state index in [2.05, 4.69) is 0 Å². The highest BCUT2D eigenvalue weighted by atomic mass is 16.5. The van der Waals surface area contributed by atoms with Gasteiger partial charge in [0, 0.05) is 19.0 Å². The van der Waals surface area contributed by atoms with Gasteiger partial charge in [0.15, 0.2) is 11.5 Å². The molecule has 0 bridgehead atoms. The minimum atomic E-state index is -0.833. The van der Waals surface area contributed by atoms with Gasteiger partial charge in [-0.2, -0.15) is 0 Å². The van der Waals surface area contributed by atoms with E-state index in [1.807, 2.05) is 0 Å². The first kappa shape index (κ1) is 13.2. The van der Waals surface area contributed by atoms with Crippen LogP contribution in [0, 0.1) is 0 Å². The number of hydrogen-bond donors (Lipinski definition) is 3. The summed E-state index contributed by atoms with van der Waals surface area (Å²) < 4.78 is 4.88. The molecular weight excluding hydrogens is 198 g/mol. The van der Waals surface area contributed by atoms with E-state index < -0.39 is 5.97 Å². The predicted octanol–water partition coefficient (Wildman–Crippen LogP) is 0.950. The van der Waals surface area contributed by atoms with E-state index in [0.29, 0.717) is 17.9 Å². The van der Waals surface area contributed by atoms with Crippen LogP contribution in [0.15, 0.2) is 18.2 Å². The Kier molecular flexibility index (Phi) is 5.89. The molecule has 4 N–H and O–H groups in total. The lowest BCUT2D eigenvalue weighted by atomic mass is 10.2. The van der Waals surface area contributed by atoms with Gasteiger partial charge in [0.25, 0.3) is 5.97 Å². The Hall–Kier alpha value is -1.75. The Morgan fingerprint density at radius 3 is 2.47 bits per heavy atom. The second-order valence-corrected chi connectivity index (χ2v) is 2.69. The SMILES string of the molecule is CC(=O)O.COc1cccc(CN)c1O. The lowest BCUT2D eigenvalue weighted by Gasteiger charge is -2.05. The van der Waals surface area contributed by atoms with Gasteiger partial charge in [0.1, 0.15) is 0 Å². The van der Waals surface area contributed by atoms with Crippen LogP contribution >= 0.6 is 0 Å². The molecule has 84 valence electrons. The van der Waals surface area contributed by atoms with Gasteiger partial charge in [0.2, 0.25) is 0 Å². The second-order valence-electron chi connectivity index (χ2n) is 2.69. The number of aliphatic carboxylic acids is 1. The Morgan fingerprint density at radius 2 is 2.07 bits per heavy atom. The minimum absolute atomic E-state index is 0.137. The summed E-state index contributed by atoms with van der Waals surface area (Å²) in [5.74, 6) is -0.231. The zero-order chi connectivity index (χ0) is 11.8. The number of phenolic OH excluding ortho intramolecular Hbond substituents is 1. The van der Waals surface area contributed by atoms with Crippen molar-refractivity contribution in [3.63, 3.8) is 0 Å². The van der Waals surface area contributed by atoms with Crippen LogP contribution in [0.3, 0.4) is 0 Å². The van der Waals surface area contributed by atoms with E-state index >= 15 is 0 Å². The van der Waals surface area contributed by atoms with Crippen LogP contribution in [0.1, 0.15) is 12.5 Å². The largest absolute Gasteiger partial charge is 0.504 e. The van der Waals surface area contributed by atoms with Crippen LogP contribution < -0.4 is 10.5 Å². The summed E-state index contributed by atoms with van der Waals surface area (Å²) in [7, 11) is 1.51. The maximum Gasteiger partial charge on any atom is 0.300 e. The minimum Gasteiger partial charge on any atom is -0.504 e. The van der Waals surface area contributed by atoms with E-state index in [1.165, 1.54) is 7.11 Å². The number of carbonyl (C=O) groups is 1. The van der Waals surface area contributed by atoms with Crippen molar-refractivity contribution in [3.8, 4) is 11.5 Å². The number of rotatable bonds is 2. The molecule has 0 radical (unpaired) electrons. The maximum atomic E-state index is 9.38. The fourth-order valence-corrected chi connectivity index (χ4v) is 0.897. The third kappa shape index (κ3) is 4.87. The van der Waals surface area contributed by atoms with Crippen LogP contribution in [0.5, 0.6) is 11.5 Å². The zero-order valence-electron chi connectivity index (χ0n) is 8.73. The van der Waals surface area contributed by atoms with Gasteiger partial charge in [-0.25, -0.2) is 0 Å². The van der Waals surface area contributed by atoms with Gasteiger partial charge >= 0.3 is 0 Å². The van der Waals surface area contributed by atoms with Crippen LogP contribution in [-0.4, -0.2) is 23.3 Å². The average Bonchev–Trinajstić information content (AvgIpc) is 2.17. The molecule has 0 spiro atoms. The summed E-state index contributed by atoms with van der Waals surface area (Å²) in [6, 6.07) is 5.24. The molecule has 15 heavy (non-hydrogen) atoms. The number of hydrogen-bond acceptors (Lipinski definition) is 4. The first-order chi connectivity index (χ1) is 7.02. The fourth-order valence-electron chi connectivity index (χ4n) is 0.897. The number of nitrogens with two attached hydrogens (primary N) is 1. The van der Waals surface area contributed by atoms with E-state index in [1.54, 1.807) is 18.2 Å². The molecule has 0 aliphatic heterocycles. The van der Waals surface area contributed by atoms with E-state index in [4.69, 9.17) is 20.4 Å². The third-order valence-corrected chi connectivity index (χ3v) is 1.52. The maximum absolute atomic E-state index is 9.38. The van der Waals surface area contributed by atoms with Gasteiger partial charge in [-0.15, -0.1) is 0 Å². The van der Waals surface area contributed by atoms with Crippen molar-refractivity contribution in [1.82, 2.24) is 0 Å². The smallest absolute Gasteiger partial charge is 0.300 e. The summed E-state index contributed by atoms with van der Waals surface area (Å²) in [5, 5.41) is 16.8. The van der Waals surface area contributed by atoms with Crippen LogP contribution in [0.4, 0.5) is 0 Å². The monoisotopic (exact) mass is 213 g/mol. The molecule has 0 aliphatic carbocycles. The topological polar surface area (TPSA) is 92.8 Å². The summed E-state index contributed by atoms with van der Waals surface area (Å²) in [6.07, 6.45) is 0. The van der Waals surface area contributed by atoms with Gasteiger partial charge in [-0.3, -0.25) is 4.79 Å². The molecule has 1 aromatic carbocycles. The van der Waals surface area contributed by atoms with Crippen molar-refractivity contribution in [2.24, 2.45) is 5.73 Å². The Labute approximate surface area is 88.1 Å². The highest BCUT2D eigenvalue weighted by molar-refractivity contribution is 5.62. The molecule has 5 heteroatoms. The van der Waals surface area contributed by atoms with E-state index in [0.717, 1.165) is 6.92 Å². The summed E-state index contributed by atoms with van der Waals surface area (Å²) >= 11 is 0. The van der Waals surface area contributed by atoms with Crippen molar-refractivity contribution in [2.75, 3.05) is 7.11 Å². The lowest BCUT2D eigenvalue weighted by Crippen LogP contribution is -1.97. The molecule has 0 fully saturated rings. The Balaban J connectivity index is 0.000000423. The number of phenols is 1. The van der Waals surface area contributed by atoms with Crippen LogP contribution in [-0.2, 0) is 11.3 Å². The summed E-state index contributed by atoms with van der Waals surface area (Å²) in [4.78, 5) is 9.00. The Bertz CT molecular complexity index is 299. The molecule has 0 unspecified atom stereocenters. The molecule has 0 saturated heterocycles. The van der Waals surface area contributed by atoms with Crippen molar-refractivity contribution in [1.29, 1.82) is 0 Å². The van der Waals surface area contributed by atoms with Crippen molar-refractivity contribution in [2.45, 2.75) is 13.5 Å². The van der Waals surface area contributed by atoms with Crippen molar-refractivity contribution < 1.29 is 19.7 Å². The Morgan fingerprint density at radius 1 is 1.53 bits per heavy atom. The number of carboxylic acid groups (broad SMARTS) is 1. The number of para-hydroxylation sites is 1. The number of ether oxygens (including phenoxy) is 1. The van der Waals surface area contributed by atoms with Gasteiger partial charge in [0.05, 0.1) is 7.11 Å². The van der Waals surface area contributed by atoms with Crippen LogP contribution in [0.25, 0.3) is 0 Å². The van der Waals surface area contributed by atoms with Crippen molar-refractivity contribution >= 4 is 5.97 Å². The molecule has 5 nitrogen and oxygen atoms in total. The normalized spacial score (nSPS) is 8.73. The quantitative estimate of drug-likeness (QED) is 0.680. The molecule has 0 aliphatic rings. The van der Waals surface area contributed by atoms with E-state index in [-0.39, 0.29) is 5.75 Å². The summed E-state index contributed by atoms with van der Waals surface area (Å²) in [5.41, 5.74) is 6.06. The molecule has 1 rings (SSSR count). The average molecular weight is 213 g/mol. The van der Waals surface area contributed by atoms with Crippen LogP contribution in [0.2, 0.25) is 0 Å². The number of carboxylic acids is 1. The molecule has 0 saturated carbocycles. The molecule has 0 amide bonds. The van der Waals surface area contributed by atoms with Gasteiger partial charge in [-0.05, 0) is 6.07 Å². The standard InChI is InChI=1S/C8H11NO2.C2H4O2/c1-11-7-4-2-3-6(5-9)8(7)10;1-2(3)4/h2-4,10H,5,9H2,1H3;1H3,(H,3,4). The number of benzene rings is 1. The predicted molar refractivity (Wildman–Crippen MR) is 55.9 cm³/mol. The van der Waals surface area contributed by atoms with Gasteiger partial charge < -0.3 is 20.7 Å². The first-order valence-electron chi connectivity index (χ1n) is 4.27. The summed E-state index contributed by atoms with van der Waals surface area (Å²) in [6.45, 7) is 1.41. The van der Waals surface area contributed by atoms with Gasteiger partial charge in [-0.1, -0.05) is 12.1 Å². The molecule has 0 aromatic heterocycles. The lowest BCUT2D eigenvalue weighted by molar-refractivity contribution is -0.134. The molecule has 1 aromatic rings. The van der Waals surface area contributed by atoms with E-state index in [9.17, 15) is 5.11 Å². The second kappa shape index (κ2) is 6.67. The van der Waals surface area contributed by atoms with Crippen molar-refractivity contribution in [3.05, 3.63) is 23.8 Å².